The predicted molar refractivity (Wildman–Crippen MR) is 58.6 cm³/mol. The van der Waals surface area contributed by atoms with Gasteiger partial charge < -0.3 is 20.1 Å². The Morgan fingerprint density at radius 2 is 1.80 bits per heavy atom. The summed E-state index contributed by atoms with van der Waals surface area (Å²) in [5.74, 6) is -0.00996. The Kier molecular flexibility index (Phi) is 9.46. The summed E-state index contributed by atoms with van der Waals surface area (Å²) in [5.41, 5.74) is 0. The summed E-state index contributed by atoms with van der Waals surface area (Å²) in [7, 11) is 0. The first-order chi connectivity index (χ1) is 7.24. The van der Waals surface area contributed by atoms with Gasteiger partial charge in [-0.05, 0) is 20.8 Å². The fraction of sp³-hybridized carbons (Fsp3) is 0.900. The number of ether oxygens (including phenoxy) is 2. The van der Waals surface area contributed by atoms with E-state index < -0.39 is 0 Å². The molecule has 0 aliphatic rings. The zero-order valence-corrected chi connectivity index (χ0v) is 9.84. The van der Waals surface area contributed by atoms with Gasteiger partial charge in [-0.25, -0.2) is 0 Å². The zero-order chi connectivity index (χ0) is 11.5. The molecule has 0 bridgehead atoms. The van der Waals surface area contributed by atoms with Crippen LogP contribution in [0.25, 0.3) is 0 Å². The standard InChI is InChI=1S/C10H22N2O3/c1-4-12-9(13)7-11-8-10(14-5-2)15-6-3/h10-11H,4-8H2,1-3H3,(H,12,13). The Morgan fingerprint density at radius 1 is 1.20 bits per heavy atom. The first-order valence-corrected chi connectivity index (χ1v) is 5.45. The van der Waals surface area contributed by atoms with Crippen LogP contribution in [0.2, 0.25) is 0 Å². The third-order valence-corrected chi connectivity index (χ3v) is 1.68. The van der Waals surface area contributed by atoms with E-state index in [0.29, 0.717) is 32.8 Å². The molecule has 90 valence electrons. The maximum absolute atomic E-state index is 11.1. The lowest BCUT2D eigenvalue weighted by molar-refractivity contribution is -0.134. The molecule has 0 fully saturated rings. The summed E-state index contributed by atoms with van der Waals surface area (Å²) in [6, 6.07) is 0. The van der Waals surface area contributed by atoms with E-state index in [4.69, 9.17) is 9.47 Å². The van der Waals surface area contributed by atoms with Gasteiger partial charge in [-0.1, -0.05) is 0 Å². The molecule has 0 saturated heterocycles. The summed E-state index contributed by atoms with van der Waals surface area (Å²) in [6.45, 7) is 8.40. The molecule has 0 aliphatic heterocycles. The Labute approximate surface area is 91.5 Å². The number of rotatable bonds is 9. The summed E-state index contributed by atoms with van der Waals surface area (Å²) in [5, 5.41) is 5.68. The monoisotopic (exact) mass is 218 g/mol. The Balaban J connectivity index is 3.55. The van der Waals surface area contributed by atoms with Crippen molar-refractivity contribution in [2.45, 2.75) is 27.1 Å². The lowest BCUT2D eigenvalue weighted by atomic mass is 10.5. The lowest BCUT2D eigenvalue weighted by Gasteiger charge is -2.17. The van der Waals surface area contributed by atoms with Crippen LogP contribution in [-0.2, 0) is 14.3 Å². The molecule has 0 radical (unpaired) electrons. The van der Waals surface area contributed by atoms with Gasteiger partial charge >= 0.3 is 0 Å². The molecule has 1 amide bonds. The summed E-state index contributed by atoms with van der Waals surface area (Å²) in [4.78, 5) is 11.1. The summed E-state index contributed by atoms with van der Waals surface area (Å²) in [6.07, 6.45) is -0.269. The predicted octanol–water partition coefficient (Wildman–Crippen LogP) is 0.111. The summed E-state index contributed by atoms with van der Waals surface area (Å²) >= 11 is 0. The topological polar surface area (TPSA) is 59.6 Å². The highest BCUT2D eigenvalue weighted by atomic mass is 16.7. The van der Waals surface area contributed by atoms with Crippen LogP contribution in [0.5, 0.6) is 0 Å². The highest BCUT2D eigenvalue weighted by Gasteiger charge is 2.07. The second-order valence-corrected chi connectivity index (χ2v) is 2.92. The molecule has 0 rings (SSSR count). The van der Waals surface area contributed by atoms with Crippen molar-refractivity contribution in [3.8, 4) is 0 Å². The fourth-order valence-corrected chi connectivity index (χ4v) is 1.10. The van der Waals surface area contributed by atoms with Crippen LogP contribution < -0.4 is 10.6 Å². The highest BCUT2D eigenvalue weighted by molar-refractivity contribution is 5.77. The van der Waals surface area contributed by atoms with Crippen LogP contribution in [0.4, 0.5) is 0 Å². The van der Waals surface area contributed by atoms with Gasteiger partial charge in [0.15, 0.2) is 6.29 Å². The molecule has 0 heterocycles. The average molecular weight is 218 g/mol. The normalized spacial score (nSPS) is 10.7. The smallest absolute Gasteiger partial charge is 0.233 e. The van der Waals surface area contributed by atoms with Crippen molar-refractivity contribution < 1.29 is 14.3 Å². The Hall–Kier alpha value is -0.650. The van der Waals surface area contributed by atoms with Crippen LogP contribution in [0.1, 0.15) is 20.8 Å². The van der Waals surface area contributed by atoms with Crippen molar-refractivity contribution in [2.75, 3.05) is 32.8 Å². The molecule has 2 N–H and O–H groups in total. The van der Waals surface area contributed by atoms with Gasteiger partial charge in [0.1, 0.15) is 0 Å². The van der Waals surface area contributed by atoms with E-state index >= 15 is 0 Å². The van der Waals surface area contributed by atoms with E-state index in [1.807, 2.05) is 20.8 Å². The largest absolute Gasteiger partial charge is 0.355 e. The van der Waals surface area contributed by atoms with Gasteiger partial charge in [0.2, 0.25) is 5.91 Å². The maximum atomic E-state index is 11.1. The number of hydrogen-bond acceptors (Lipinski definition) is 4. The third-order valence-electron chi connectivity index (χ3n) is 1.68. The minimum absolute atomic E-state index is 0.00996. The van der Waals surface area contributed by atoms with Crippen molar-refractivity contribution in [3.63, 3.8) is 0 Å². The minimum Gasteiger partial charge on any atom is -0.355 e. The minimum atomic E-state index is -0.269. The van der Waals surface area contributed by atoms with E-state index in [1.54, 1.807) is 0 Å². The number of carbonyl (C=O) groups excluding carboxylic acids is 1. The van der Waals surface area contributed by atoms with Crippen molar-refractivity contribution in [1.82, 2.24) is 10.6 Å². The number of nitrogens with one attached hydrogen (secondary N) is 2. The molecule has 0 saturated carbocycles. The molecule has 15 heavy (non-hydrogen) atoms. The lowest BCUT2D eigenvalue weighted by Crippen LogP contribution is -2.38. The van der Waals surface area contributed by atoms with Crippen LogP contribution in [-0.4, -0.2) is 45.0 Å². The molecule has 0 spiro atoms. The molecule has 0 aliphatic carbocycles. The molecule has 0 aromatic heterocycles. The molecular formula is C10H22N2O3. The molecule has 5 heteroatoms. The Morgan fingerprint density at radius 3 is 2.27 bits per heavy atom. The fourth-order valence-electron chi connectivity index (χ4n) is 1.10. The second kappa shape index (κ2) is 9.89. The van der Waals surface area contributed by atoms with E-state index in [1.165, 1.54) is 0 Å². The Bertz CT molecular complexity index is 159. The molecule has 0 aromatic rings. The third kappa shape index (κ3) is 8.35. The number of hydrogen-bond donors (Lipinski definition) is 2. The molecule has 0 aromatic carbocycles. The van der Waals surface area contributed by atoms with Crippen molar-refractivity contribution in [2.24, 2.45) is 0 Å². The SMILES string of the molecule is CCNC(=O)CNCC(OCC)OCC. The van der Waals surface area contributed by atoms with Crippen LogP contribution >= 0.6 is 0 Å². The molecule has 5 nitrogen and oxygen atoms in total. The first kappa shape index (κ1) is 14.3. The molecule has 0 atom stereocenters. The van der Waals surface area contributed by atoms with Gasteiger partial charge in [0.05, 0.1) is 6.54 Å². The van der Waals surface area contributed by atoms with E-state index in [2.05, 4.69) is 10.6 Å². The van der Waals surface area contributed by atoms with Crippen LogP contribution in [0.3, 0.4) is 0 Å². The average Bonchev–Trinajstić information content (AvgIpc) is 2.19. The maximum Gasteiger partial charge on any atom is 0.233 e. The van der Waals surface area contributed by atoms with Gasteiger partial charge in [0.25, 0.3) is 0 Å². The van der Waals surface area contributed by atoms with Gasteiger partial charge in [-0.15, -0.1) is 0 Å². The number of amides is 1. The van der Waals surface area contributed by atoms with Crippen LogP contribution in [0, 0.1) is 0 Å². The molecular weight excluding hydrogens is 196 g/mol. The van der Waals surface area contributed by atoms with Crippen molar-refractivity contribution in [1.29, 1.82) is 0 Å². The number of carbonyl (C=O) groups is 1. The first-order valence-electron chi connectivity index (χ1n) is 5.45. The van der Waals surface area contributed by atoms with Crippen LogP contribution in [0.15, 0.2) is 0 Å². The molecule has 0 unspecified atom stereocenters. The van der Waals surface area contributed by atoms with Crippen molar-refractivity contribution in [3.05, 3.63) is 0 Å². The van der Waals surface area contributed by atoms with E-state index in [9.17, 15) is 4.79 Å². The zero-order valence-electron chi connectivity index (χ0n) is 9.84. The van der Waals surface area contributed by atoms with Crippen molar-refractivity contribution >= 4 is 5.91 Å². The quantitative estimate of drug-likeness (QED) is 0.539. The highest BCUT2D eigenvalue weighted by Crippen LogP contribution is 1.92. The van der Waals surface area contributed by atoms with E-state index in [0.717, 1.165) is 0 Å². The summed E-state index contributed by atoms with van der Waals surface area (Å²) < 4.78 is 10.6. The second-order valence-electron chi connectivity index (χ2n) is 2.92. The van der Waals surface area contributed by atoms with Gasteiger partial charge in [-0.3, -0.25) is 4.79 Å². The van der Waals surface area contributed by atoms with E-state index in [-0.39, 0.29) is 12.2 Å². The number of likely N-dealkylation sites (N-methyl/N-ethyl adjacent to an activating group) is 1. The van der Waals surface area contributed by atoms with Gasteiger partial charge in [-0.2, -0.15) is 0 Å². The van der Waals surface area contributed by atoms with Gasteiger partial charge in [0, 0.05) is 26.3 Å².